The summed E-state index contributed by atoms with van der Waals surface area (Å²) in [6.45, 7) is 6.17. The summed E-state index contributed by atoms with van der Waals surface area (Å²) < 4.78 is 4.82. The largest absolute Gasteiger partial charge is 0.445 e. The molecular weight excluding hydrogens is 356 g/mol. The normalized spacial score (nSPS) is 22.2. The molecule has 152 valence electrons. The van der Waals surface area contributed by atoms with Crippen LogP contribution in [0.4, 0.5) is 4.79 Å². The van der Waals surface area contributed by atoms with Gasteiger partial charge in [-0.25, -0.2) is 4.79 Å². The van der Waals surface area contributed by atoms with Gasteiger partial charge in [0.05, 0.1) is 0 Å². The van der Waals surface area contributed by atoms with Crippen LogP contribution < -0.4 is 16.8 Å². The van der Waals surface area contributed by atoms with E-state index in [2.05, 4.69) is 35.9 Å². The Kier molecular flexibility index (Phi) is 7.61. The first-order chi connectivity index (χ1) is 13.4. The molecule has 1 fully saturated rings. The first-order valence-electron chi connectivity index (χ1n) is 9.58. The molecule has 7 heteroatoms. The second-order valence-corrected chi connectivity index (χ2v) is 7.33. The van der Waals surface area contributed by atoms with E-state index in [0.717, 1.165) is 6.42 Å². The predicted molar refractivity (Wildman–Crippen MR) is 110 cm³/mol. The number of carbonyl (C=O) groups excluding carboxylic acids is 2. The van der Waals surface area contributed by atoms with Crippen molar-refractivity contribution >= 4 is 17.8 Å². The van der Waals surface area contributed by atoms with Crippen LogP contribution >= 0.6 is 0 Å². The smallest absolute Gasteiger partial charge is 0.407 e. The third-order valence-corrected chi connectivity index (χ3v) is 5.15. The van der Waals surface area contributed by atoms with E-state index >= 15 is 0 Å². The molecule has 0 spiro atoms. The van der Waals surface area contributed by atoms with Gasteiger partial charge in [0.2, 0.25) is 5.91 Å². The molecule has 5 N–H and O–H groups in total. The van der Waals surface area contributed by atoms with Crippen LogP contribution in [0.25, 0.3) is 0 Å². The highest BCUT2D eigenvalue weighted by atomic mass is 16.5. The number of primary amides is 1. The van der Waals surface area contributed by atoms with E-state index in [-0.39, 0.29) is 12.0 Å². The number of carbonyl (C=O) groups is 2. The number of aliphatic imine (C=N–C) groups is 1. The number of amides is 2. The van der Waals surface area contributed by atoms with E-state index in [4.69, 9.17) is 16.2 Å². The zero-order chi connectivity index (χ0) is 20.6. The number of benzene rings is 1. The van der Waals surface area contributed by atoms with Crippen LogP contribution in [0.3, 0.4) is 0 Å². The van der Waals surface area contributed by atoms with Gasteiger partial charge in [-0.05, 0) is 37.2 Å². The summed E-state index contributed by atoms with van der Waals surface area (Å²) in [6.07, 6.45) is 3.79. The lowest BCUT2D eigenvalue weighted by atomic mass is 9.99. The zero-order valence-corrected chi connectivity index (χ0v) is 16.4. The first kappa shape index (κ1) is 21.5. The van der Waals surface area contributed by atoms with E-state index < -0.39 is 18.0 Å². The third kappa shape index (κ3) is 5.84. The van der Waals surface area contributed by atoms with Gasteiger partial charge in [0.1, 0.15) is 18.5 Å². The molecule has 0 heterocycles. The summed E-state index contributed by atoms with van der Waals surface area (Å²) >= 11 is 0. The van der Waals surface area contributed by atoms with Crippen molar-refractivity contribution in [3.05, 3.63) is 48.6 Å². The van der Waals surface area contributed by atoms with Crippen molar-refractivity contribution in [1.29, 1.82) is 0 Å². The lowest BCUT2D eigenvalue weighted by Gasteiger charge is -2.15. The standard InChI is InChI=1S/C21H30N4O3/c1-3-13-28-20(27)24-12-8-7-11-17(18(22)26)25-19(23)21(2)14-16(21)15-9-5-4-6-10-15/h3-6,9-10,16-17H,1,7-8,11-14H2,2H3,(H2,22,26)(H2,23,25)(H,24,27)/t16-,17-,21?/m0/s1. The lowest BCUT2D eigenvalue weighted by Crippen LogP contribution is -2.33. The number of unbranched alkanes of at least 4 members (excludes halogenated alkanes) is 1. The maximum atomic E-state index is 11.8. The monoisotopic (exact) mass is 386 g/mol. The molecule has 1 aliphatic carbocycles. The Morgan fingerprint density at radius 1 is 1.36 bits per heavy atom. The summed E-state index contributed by atoms with van der Waals surface area (Å²) in [5.41, 5.74) is 12.8. The molecule has 2 rings (SSSR count). The van der Waals surface area contributed by atoms with E-state index in [0.29, 0.717) is 37.6 Å². The second kappa shape index (κ2) is 9.92. The summed E-state index contributed by atoms with van der Waals surface area (Å²) in [7, 11) is 0. The van der Waals surface area contributed by atoms with Crippen LogP contribution in [0.15, 0.2) is 48.0 Å². The molecule has 1 aromatic carbocycles. The van der Waals surface area contributed by atoms with Crippen molar-refractivity contribution in [2.75, 3.05) is 13.2 Å². The Hall–Kier alpha value is -2.83. The number of nitrogens with zero attached hydrogens (tertiary/aromatic N) is 1. The van der Waals surface area contributed by atoms with Crippen molar-refractivity contribution in [3.63, 3.8) is 0 Å². The number of hydrogen-bond acceptors (Lipinski definition) is 4. The quantitative estimate of drug-likeness (QED) is 0.234. The van der Waals surface area contributed by atoms with Crippen LogP contribution in [0.1, 0.15) is 44.1 Å². The second-order valence-electron chi connectivity index (χ2n) is 7.33. The number of nitrogens with one attached hydrogen (secondary N) is 1. The number of hydrogen-bond donors (Lipinski definition) is 3. The van der Waals surface area contributed by atoms with Crippen LogP contribution in [0.5, 0.6) is 0 Å². The Morgan fingerprint density at radius 2 is 2.07 bits per heavy atom. The molecule has 0 bridgehead atoms. The van der Waals surface area contributed by atoms with E-state index in [9.17, 15) is 9.59 Å². The van der Waals surface area contributed by atoms with Gasteiger partial charge in [0.15, 0.2) is 0 Å². The average Bonchev–Trinajstić information content (AvgIpc) is 3.38. The van der Waals surface area contributed by atoms with Crippen molar-refractivity contribution in [1.82, 2.24) is 5.32 Å². The van der Waals surface area contributed by atoms with E-state index in [1.54, 1.807) is 0 Å². The zero-order valence-electron chi connectivity index (χ0n) is 16.4. The van der Waals surface area contributed by atoms with E-state index in [1.807, 2.05) is 18.2 Å². The van der Waals surface area contributed by atoms with Gasteiger partial charge in [-0.15, -0.1) is 0 Å². The lowest BCUT2D eigenvalue weighted by molar-refractivity contribution is -0.119. The van der Waals surface area contributed by atoms with Crippen LogP contribution in [-0.2, 0) is 9.53 Å². The third-order valence-electron chi connectivity index (χ3n) is 5.15. The molecule has 28 heavy (non-hydrogen) atoms. The van der Waals surface area contributed by atoms with Crippen LogP contribution in [0, 0.1) is 5.41 Å². The fourth-order valence-electron chi connectivity index (χ4n) is 3.24. The topological polar surface area (TPSA) is 120 Å². The SMILES string of the molecule is C=CCOC(=O)NCCCC[C@H](N=C(N)C1(C)C[C@H]1c1ccccc1)C(N)=O. The maximum absolute atomic E-state index is 11.8. The summed E-state index contributed by atoms with van der Waals surface area (Å²) in [6, 6.07) is 9.52. The average molecular weight is 386 g/mol. The van der Waals surface area contributed by atoms with Crippen LogP contribution in [0.2, 0.25) is 0 Å². The summed E-state index contributed by atoms with van der Waals surface area (Å²) in [5.74, 6) is 0.315. The minimum Gasteiger partial charge on any atom is -0.445 e. The molecule has 1 aromatic rings. The van der Waals surface area contributed by atoms with Gasteiger partial charge in [0, 0.05) is 12.0 Å². The van der Waals surface area contributed by atoms with E-state index in [1.165, 1.54) is 11.6 Å². The Bertz CT molecular complexity index is 720. The minimum absolute atomic E-state index is 0.173. The van der Waals surface area contributed by atoms with Gasteiger partial charge >= 0.3 is 6.09 Å². The van der Waals surface area contributed by atoms with Crippen molar-refractivity contribution in [2.45, 2.75) is 44.6 Å². The number of alkyl carbamates (subject to hydrolysis) is 1. The highest BCUT2D eigenvalue weighted by Gasteiger charge is 2.54. The highest BCUT2D eigenvalue weighted by Crippen LogP contribution is 2.59. The van der Waals surface area contributed by atoms with Crippen molar-refractivity contribution < 1.29 is 14.3 Å². The van der Waals surface area contributed by atoms with Gasteiger partial charge in [-0.2, -0.15) is 0 Å². The molecular formula is C21H30N4O3. The molecule has 0 saturated heterocycles. The Morgan fingerprint density at radius 3 is 2.71 bits per heavy atom. The summed E-state index contributed by atoms with van der Waals surface area (Å²) in [5, 5.41) is 2.63. The Balaban J connectivity index is 1.82. The fourth-order valence-corrected chi connectivity index (χ4v) is 3.24. The molecule has 1 unspecified atom stereocenters. The highest BCUT2D eigenvalue weighted by molar-refractivity contribution is 5.93. The van der Waals surface area contributed by atoms with Gasteiger partial charge in [-0.3, -0.25) is 9.79 Å². The van der Waals surface area contributed by atoms with Crippen molar-refractivity contribution in [3.8, 4) is 0 Å². The van der Waals surface area contributed by atoms with Gasteiger partial charge in [-0.1, -0.05) is 49.9 Å². The number of ether oxygens (including phenoxy) is 1. The minimum atomic E-state index is -0.651. The molecule has 0 radical (unpaired) electrons. The molecule has 3 atom stereocenters. The molecule has 2 amide bonds. The predicted octanol–water partition coefficient (Wildman–Crippen LogP) is 2.47. The number of nitrogens with two attached hydrogens (primary N) is 2. The van der Waals surface area contributed by atoms with Gasteiger partial charge < -0.3 is 21.5 Å². The van der Waals surface area contributed by atoms with Gasteiger partial charge in [0.25, 0.3) is 0 Å². The fraction of sp³-hybridized carbons (Fsp3) is 0.476. The molecule has 1 aliphatic rings. The molecule has 0 aromatic heterocycles. The van der Waals surface area contributed by atoms with Crippen molar-refractivity contribution in [2.24, 2.45) is 21.9 Å². The summed E-state index contributed by atoms with van der Waals surface area (Å²) in [4.78, 5) is 27.6. The maximum Gasteiger partial charge on any atom is 0.407 e. The number of amidine groups is 1. The molecule has 1 saturated carbocycles. The Labute approximate surface area is 166 Å². The first-order valence-corrected chi connectivity index (χ1v) is 9.58. The molecule has 7 nitrogen and oxygen atoms in total. The van der Waals surface area contributed by atoms with Crippen LogP contribution in [-0.4, -0.2) is 37.0 Å². The number of rotatable bonds is 11. The molecule has 0 aliphatic heterocycles.